The molecule has 2 amide bonds. The number of carbonyl (C=O) groups excluding carboxylic acids is 2. The zero-order valence-corrected chi connectivity index (χ0v) is 19.4. The standard InChI is InChI=1S/C20H19BrIN3O3/c1-12-10-17(22)8-9-18(12)24(13(2)26)11-19-25(14(3)27)23-20(28-19)15-4-6-16(21)7-5-15/h4-10,19H,11H2,1-3H3/t19-/m1/s1. The minimum atomic E-state index is -0.696. The predicted molar refractivity (Wildman–Crippen MR) is 120 cm³/mol. The van der Waals surface area contributed by atoms with Crippen molar-refractivity contribution in [3.05, 3.63) is 61.6 Å². The van der Waals surface area contributed by atoms with Gasteiger partial charge in [-0.1, -0.05) is 15.9 Å². The average Bonchev–Trinajstić information content (AvgIpc) is 3.05. The lowest BCUT2D eigenvalue weighted by Gasteiger charge is -2.28. The fraction of sp³-hybridized carbons (Fsp3) is 0.250. The molecule has 0 saturated heterocycles. The summed E-state index contributed by atoms with van der Waals surface area (Å²) >= 11 is 5.63. The zero-order chi connectivity index (χ0) is 20.4. The second-order valence-electron chi connectivity index (χ2n) is 6.41. The molecule has 0 unspecified atom stereocenters. The average molecular weight is 556 g/mol. The number of hydrazone groups is 1. The maximum Gasteiger partial charge on any atom is 0.243 e. The summed E-state index contributed by atoms with van der Waals surface area (Å²) in [7, 11) is 0. The summed E-state index contributed by atoms with van der Waals surface area (Å²) in [5.41, 5.74) is 2.53. The minimum Gasteiger partial charge on any atom is -0.448 e. The summed E-state index contributed by atoms with van der Waals surface area (Å²) < 4.78 is 8.00. The Labute approximate surface area is 185 Å². The molecule has 8 heteroatoms. The van der Waals surface area contributed by atoms with E-state index in [1.165, 1.54) is 18.9 Å². The molecule has 0 saturated carbocycles. The molecule has 28 heavy (non-hydrogen) atoms. The monoisotopic (exact) mass is 555 g/mol. The quantitative estimate of drug-likeness (QED) is 0.529. The van der Waals surface area contributed by atoms with Crippen molar-refractivity contribution in [1.82, 2.24) is 5.01 Å². The molecule has 0 bridgehead atoms. The second kappa shape index (κ2) is 8.60. The molecule has 6 nitrogen and oxygen atoms in total. The van der Waals surface area contributed by atoms with Crippen molar-refractivity contribution < 1.29 is 14.3 Å². The Bertz CT molecular complexity index is 946. The molecule has 2 aromatic carbocycles. The van der Waals surface area contributed by atoms with Crippen LogP contribution in [0.15, 0.2) is 52.0 Å². The number of benzene rings is 2. The molecular formula is C20H19BrIN3O3. The Morgan fingerprint density at radius 2 is 1.89 bits per heavy atom. The van der Waals surface area contributed by atoms with E-state index in [2.05, 4.69) is 43.6 Å². The van der Waals surface area contributed by atoms with E-state index in [0.717, 1.165) is 24.9 Å². The molecule has 1 aliphatic rings. The number of hydrogen-bond acceptors (Lipinski definition) is 4. The summed E-state index contributed by atoms with van der Waals surface area (Å²) in [5, 5.41) is 5.62. The largest absolute Gasteiger partial charge is 0.448 e. The highest BCUT2D eigenvalue weighted by Gasteiger charge is 2.34. The van der Waals surface area contributed by atoms with Gasteiger partial charge in [-0.05, 0) is 77.5 Å². The van der Waals surface area contributed by atoms with Gasteiger partial charge in [-0.15, -0.1) is 5.10 Å². The molecule has 0 spiro atoms. The Kier molecular flexibility index (Phi) is 6.39. The third-order valence-corrected chi connectivity index (χ3v) is 5.50. The van der Waals surface area contributed by atoms with Crippen LogP contribution in [0, 0.1) is 10.5 Å². The summed E-state index contributed by atoms with van der Waals surface area (Å²) in [6, 6.07) is 13.3. The summed E-state index contributed by atoms with van der Waals surface area (Å²) in [5.74, 6) is -0.0241. The third-order valence-electron chi connectivity index (χ3n) is 4.30. The highest BCUT2D eigenvalue weighted by atomic mass is 127. The second-order valence-corrected chi connectivity index (χ2v) is 8.57. The van der Waals surface area contributed by atoms with Crippen molar-refractivity contribution >= 4 is 61.9 Å². The van der Waals surface area contributed by atoms with Crippen LogP contribution in [0.2, 0.25) is 0 Å². The molecular weight excluding hydrogens is 537 g/mol. The van der Waals surface area contributed by atoms with Crippen molar-refractivity contribution in [2.75, 3.05) is 11.4 Å². The van der Waals surface area contributed by atoms with Crippen molar-refractivity contribution in [3.63, 3.8) is 0 Å². The SMILES string of the molecule is CC(=O)N(C[C@H]1OC(c2ccc(Br)cc2)=NN1C(C)=O)c1ccc(I)cc1C. The summed E-state index contributed by atoms with van der Waals surface area (Å²) in [4.78, 5) is 26.1. The van der Waals surface area contributed by atoms with Crippen LogP contribution in [0.1, 0.15) is 25.0 Å². The van der Waals surface area contributed by atoms with Gasteiger partial charge in [-0.3, -0.25) is 9.59 Å². The van der Waals surface area contributed by atoms with E-state index in [1.54, 1.807) is 4.90 Å². The highest BCUT2D eigenvalue weighted by Crippen LogP contribution is 2.26. The number of halogens is 2. The fourth-order valence-corrected chi connectivity index (χ4v) is 3.86. The molecule has 2 aromatic rings. The van der Waals surface area contributed by atoms with Crippen LogP contribution in [-0.4, -0.2) is 35.5 Å². The van der Waals surface area contributed by atoms with E-state index in [9.17, 15) is 9.59 Å². The van der Waals surface area contributed by atoms with Crippen LogP contribution in [0.5, 0.6) is 0 Å². The fourth-order valence-electron chi connectivity index (χ4n) is 2.95. The smallest absolute Gasteiger partial charge is 0.243 e. The van der Waals surface area contributed by atoms with Gasteiger partial charge in [0.2, 0.25) is 23.9 Å². The lowest BCUT2D eigenvalue weighted by Crippen LogP contribution is -2.44. The van der Waals surface area contributed by atoms with Crippen molar-refractivity contribution in [1.29, 1.82) is 0 Å². The highest BCUT2D eigenvalue weighted by molar-refractivity contribution is 14.1. The first-order valence-electron chi connectivity index (χ1n) is 8.61. The molecule has 1 atom stereocenters. The number of amides is 2. The van der Waals surface area contributed by atoms with Gasteiger partial charge in [0.15, 0.2) is 0 Å². The topological polar surface area (TPSA) is 62.2 Å². The van der Waals surface area contributed by atoms with Crippen LogP contribution in [0.3, 0.4) is 0 Å². The lowest BCUT2D eigenvalue weighted by molar-refractivity contribution is -0.135. The normalized spacial score (nSPS) is 15.8. The molecule has 0 fully saturated rings. The molecule has 0 aliphatic carbocycles. The van der Waals surface area contributed by atoms with Crippen LogP contribution in [-0.2, 0) is 14.3 Å². The maximum absolute atomic E-state index is 12.4. The van der Waals surface area contributed by atoms with Gasteiger partial charge in [0, 0.05) is 33.1 Å². The van der Waals surface area contributed by atoms with Crippen LogP contribution >= 0.6 is 38.5 Å². The van der Waals surface area contributed by atoms with Gasteiger partial charge in [0.1, 0.15) is 0 Å². The number of anilines is 1. The molecule has 1 heterocycles. The van der Waals surface area contributed by atoms with Crippen molar-refractivity contribution in [2.45, 2.75) is 27.0 Å². The lowest BCUT2D eigenvalue weighted by atomic mass is 10.1. The molecule has 0 aromatic heterocycles. The van der Waals surface area contributed by atoms with E-state index in [1.807, 2.05) is 49.4 Å². The number of ether oxygens (including phenoxy) is 1. The Balaban J connectivity index is 1.87. The molecule has 0 radical (unpaired) electrons. The number of hydrogen-bond donors (Lipinski definition) is 0. The van der Waals surface area contributed by atoms with Crippen molar-refractivity contribution in [2.24, 2.45) is 5.10 Å². The van der Waals surface area contributed by atoms with Gasteiger partial charge in [0.05, 0.1) is 6.54 Å². The number of carbonyl (C=O) groups is 2. The Morgan fingerprint density at radius 3 is 2.46 bits per heavy atom. The predicted octanol–water partition coefficient (Wildman–Crippen LogP) is 4.28. The maximum atomic E-state index is 12.4. The van der Waals surface area contributed by atoms with Crippen molar-refractivity contribution in [3.8, 4) is 0 Å². The van der Waals surface area contributed by atoms with Gasteiger partial charge < -0.3 is 9.64 Å². The van der Waals surface area contributed by atoms with Gasteiger partial charge >= 0.3 is 0 Å². The third kappa shape index (κ3) is 4.54. The first-order valence-corrected chi connectivity index (χ1v) is 10.5. The molecule has 3 rings (SSSR count). The minimum absolute atomic E-state index is 0.131. The molecule has 1 aliphatic heterocycles. The number of aryl methyl sites for hydroxylation is 1. The van der Waals surface area contributed by atoms with Crippen LogP contribution < -0.4 is 4.90 Å². The first kappa shape index (κ1) is 20.8. The van der Waals surface area contributed by atoms with Crippen LogP contribution in [0.25, 0.3) is 0 Å². The van der Waals surface area contributed by atoms with E-state index in [-0.39, 0.29) is 18.4 Å². The van der Waals surface area contributed by atoms with Gasteiger partial charge in [-0.2, -0.15) is 5.01 Å². The summed E-state index contributed by atoms with van der Waals surface area (Å²) in [6.07, 6.45) is -0.696. The van der Waals surface area contributed by atoms with Crippen LogP contribution in [0.4, 0.5) is 5.69 Å². The van der Waals surface area contributed by atoms with E-state index in [0.29, 0.717) is 5.90 Å². The first-order chi connectivity index (χ1) is 13.3. The Hall–Kier alpha value is -1.94. The van der Waals surface area contributed by atoms with Gasteiger partial charge in [-0.25, -0.2) is 0 Å². The number of rotatable bonds is 4. The van der Waals surface area contributed by atoms with E-state index in [4.69, 9.17) is 4.74 Å². The van der Waals surface area contributed by atoms with E-state index >= 15 is 0 Å². The molecule has 146 valence electrons. The summed E-state index contributed by atoms with van der Waals surface area (Å²) in [6.45, 7) is 5.06. The Morgan fingerprint density at radius 1 is 1.21 bits per heavy atom. The zero-order valence-electron chi connectivity index (χ0n) is 15.6. The van der Waals surface area contributed by atoms with E-state index < -0.39 is 6.23 Å². The molecule has 0 N–H and O–H groups in total. The van der Waals surface area contributed by atoms with Gasteiger partial charge in [0.25, 0.3) is 0 Å². The number of nitrogens with zero attached hydrogens (tertiary/aromatic N) is 3.